The molecule has 112 valence electrons. The fourth-order valence-electron chi connectivity index (χ4n) is 2.07. The maximum atomic E-state index is 12.7. The zero-order chi connectivity index (χ0) is 15.7. The molecule has 1 rings (SSSR count). The van der Waals surface area contributed by atoms with Gasteiger partial charge in [0.05, 0.1) is 4.90 Å². The van der Waals surface area contributed by atoms with Crippen LogP contribution in [-0.2, 0) is 14.6 Å². The Bertz CT molecular complexity index is 604. The predicted octanol–water partition coefficient (Wildman–Crippen LogP) is 2.19. The highest BCUT2D eigenvalue weighted by molar-refractivity contribution is 7.92. The van der Waals surface area contributed by atoms with Gasteiger partial charge in [-0.2, -0.15) is 0 Å². The van der Waals surface area contributed by atoms with E-state index < -0.39 is 15.1 Å². The molecule has 0 aliphatic heterocycles. The number of nitrogens with zero attached hydrogens (tertiary/aromatic N) is 1. The maximum Gasteiger partial charge on any atom is 0.241 e. The molecule has 20 heavy (non-hydrogen) atoms. The zero-order valence-corrected chi connectivity index (χ0v) is 13.8. The Morgan fingerprint density at radius 3 is 2.05 bits per heavy atom. The van der Waals surface area contributed by atoms with Gasteiger partial charge < -0.3 is 4.90 Å². The minimum atomic E-state index is -3.68. The number of benzene rings is 1. The first kappa shape index (κ1) is 16.7. The molecular formula is C15H23NO3S. The van der Waals surface area contributed by atoms with Crippen LogP contribution in [0.25, 0.3) is 0 Å². The highest BCUT2D eigenvalue weighted by Gasteiger charge is 2.37. The quantitative estimate of drug-likeness (QED) is 0.856. The number of carbonyl (C=O) groups is 1. The summed E-state index contributed by atoms with van der Waals surface area (Å²) in [5.74, 6) is -0.658. The lowest BCUT2D eigenvalue weighted by molar-refractivity contribution is -0.128. The Labute approximate surface area is 121 Å². The molecule has 1 unspecified atom stereocenters. The normalized spacial score (nSPS) is 13.3. The average molecular weight is 297 g/mol. The first-order chi connectivity index (χ1) is 9.09. The molecule has 0 heterocycles. The van der Waals surface area contributed by atoms with Gasteiger partial charge in [0, 0.05) is 14.1 Å². The number of hydrogen-bond donors (Lipinski definition) is 0. The van der Waals surface area contributed by atoms with E-state index in [2.05, 4.69) is 0 Å². The van der Waals surface area contributed by atoms with Crippen molar-refractivity contribution in [3.63, 3.8) is 0 Å². The number of rotatable bonds is 4. The fourth-order valence-corrected chi connectivity index (χ4v) is 4.15. The summed E-state index contributed by atoms with van der Waals surface area (Å²) in [6.45, 7) is 7.30. The number of amides is 1. The van der Waals surface area contributed by atoms with Gasteiger partial charge in [-0.1, -0.05) is 19.9 Å². The monoisotopic (exact) mass is 297 g/mol. The van der Waals surface area contributed by atoms with Crippen LogP contribution >= 0.6 is 0 Å². The molecule has 0 radical (unpaired) electrons. The van der Waals surface area contributed by atoms with E-state index in [1.54, 1.807) is 46.1 Å². The van der Waals surface area contributed by atoms with Gasteiger partial charge in [-0.3, -0.25) is 4.79 Å². The average Bonchev–Trinajstić information content (AvgIpc) is 2.31. The van der Waals surface area contributed by atoms with E-state index >= 15 is 0 Å². The molecule has 1 amide bonds. The molecule has 0 aromatic heterocycles. The van der Waals surface area contributed by atoms with Gasteiger partial charge in [-0.25, -0.2) is 8.42 Å². The molecule has 0 saturated heterocycles. The van der Waals surface area contributed by atoms with Crippen molar-refractivity contribution in [1.82, 2.24) is 4.90 Å². The molecule has 0 spiro atoms. The summed E-state index contributed by atoms with van der Waals surface area (Å²) in [4.78, 5) is 13.8. The van der Waals surface area contributed by atoms with E-state index in [4.69, 9.17) is 0 Å². The van der Waals surface area contributed by atoms with Crippen molar-refractivity contribution in [3.05, 3.63) is 29.3 Å². The molecule has 1 aromatic rings. The van der Waals surface area contributed by atoms with Crippen LogP contribution in [0, 0.1) is 19.8 Å². The molecule has 1 atom stereocenters. The zero-order valence-electron chi connectivity index (χ0n) is 13.0. The molecule has 5 heteroatoms. The Kier molecular flexibility index (Phi) is 4.97. The van der Waals surface area contributed by atoms with Gasteiger partial charge in [0.25, 0.3) is 0 Å². The third-order valence-corrected chi connectivity index (χ3v) is 5.76. The SMILES string of the molecule is Cc1ccc(S(=O)(=O)C(C(=O)N(C)C)C(C)C)cc1C. The van der Waals surface area contributed by atoms with E-state index in [0.29, 0.717) is 0 Å². The summed E-state index contributed by atoms with van der Waals surface area (Å²) in [5.41, 5.74) is 1.94. The van der Waals surface area contributed by atoms with Crippen LogP contribution in [0.1, 0.15) is 25.0 Å². The Balaban J connectivity index is 3.37. The molecule has 0 aliphatic rings. The summed E-state index contributed by atoms with van der Waals surface area (Å²) >= 11 is 0. The van der Waals surface area contributed by atoms with Crippen molar-refractivity contribution in [3.8, 4) is 0 Å². The van der Waals surface area contributed by atoms with Crippen molar-refractivity contribution in [2.45, 2.75) is 37.8 Å². The van der Waals surface area contributed by atoms with Gasteiger partial charge in [0.15, 0.2) is 9.84 Å². The first-order valence-corrected chi connectivity index (χ1v) is 8.16. The molecular weight excluding hydrogens is 274 g/mol. The summed E-state index contributed by atoms with van der Waals surface area (Å²) in [6, 6.07) is 5.00. The van der Waals surface area contributed by atoms with Crippen molar-refractivity contribution >= 4 is 15.7 Å². The second-order valence-corrected chi connectivity index (χ2v) is 7.76. The highest BCUT2D eigenvalue weighted by atomic mass is 32.2. The molecule has 0 bridgehead atoms. The predicted molar refractivity (Wildman–Crippen MR) is 80.4 cm³/mol. The van der Waals surface area contributed by atoms with E-state index in [9.17, 15) is 13.2 Å². The minimum Gasteiger partial charge on any atom is -0.348 e. The van der Waals surface area contributed by atoms with Gasteiger partial charge in [-0.15, -0.1) is 0 Å². The van der Waals surface area contributed by atoms with Crippen molar-refractivity contribution in [2.24, 2.45) is 5.92 Å². The van der Waals surface area contributed by atoms with Crippen molar-refractivity contribution in [2.75, 3.05) is 14.1 Å². The fraction of sp³-hybridized carbons (Fsp3) is 0.533. The van der Waals surface area contributed by atoms with Crippen LogP contribution in [0.3, 0.4) is 0 Å². The van der Waals surface area contributed by atoms with Crippen molar-refractivity contribution < 1.29 is 13.2 Å². The summed E-state index contributed by atoms with van der Waals surface area (Å²) < 4.78 is 25.5. The molecule has 4 nitrogen and oxygen atoms in total. The third kappa shape index (κ3) is 3.20. The van der Waals surface area contributed by atoms with Gasteiger partial charge in [0.2, 0.25) is 5.91 Å². The van der Waals surface area contributed by atoms with E-state index in [0.717, 1.165) is 11.1 Å². The van der Waals surface area contributed by atoms with Crippen LogP contribution < -0.4 is 0 Å². The van der Waals surface area contributed by atoms with Crippen LogP contribution in [0.2, 0.25) is 0 Å². The number of aryl methyl sites for hydroxylation is 2. The standard InChI is InChI=1S/C15H23NO3S/c1-10(2)14(15(17)16(5)6)20(18,19)13-8-7-11(3)12(4)9-13/h7-10,14H,1-6H3. The van der Waals surface area contributed by atoms with E-state index in [1.165, 1.54) is 4.90 Å². The van der Waals surface area contributed by atoms with Gasteiger partial charge in [-0.05, 0) is 43.0 Å². The largest absolute Gasteiger partial charge is 0.348 e. The molecule has 0 N–H and O–H groups in total. The second-order valence-electron chi connectivity index (χ2n) is 5.69. The maximum absolute atomic E-state index is 12.7. The lowest BCUT2D eigenvalue weighted by atomic mass is 10.1. The van der Waals surface area contributed by atoms with E-state index in [1.807, 2.05) is 13.8 Å². The van der Waals surface area contributed by atoms with Crippen LogP contribution in [-0.4, -0.2) is 38.6 Å². The molecule has 0 saturated carbocycles. The highest BCUT2D eigenvalue weighted by Crippen LogP contribution is 2.24. The lowest BCUT2D eigenvalue weighted by Gasteiger charge is -2.24. The summed E-state index contributed by atoms with van der Waals surface area (Å²) in [7, 11) is -0.521. The van der Waals surface area contributed by atoms with Crippen molar-refractivity contribution in [1.29, 1.82) is 0 Å². The first-order valence-electron chi connectivity index (χ1n) is 6.61. The molecule has 0 fully saturated rings. The van der Waals surface area contributed by atoms with Gasteiger partial charge in [0.1, 0.15) is 5.25 Å². The van der Waals surface area contributed by atoms with E-state index in [-0.39, 0.29) is 16.7 Å². The Hall–Kier alpha value is -1.36. The molecule has 1 aromatic carbocycles. The number of sulfone groups is 1. The lowest BCUT2D eigenvalue weighted by Crippen LogP contribution is -2.42. The number of carbonyl (C=O) groups excluding carboxylic acids is 1. The third-order valence-electron chi connectivity index (χ3n) is 3.43. The summed E-state index contributed by atoms with van der Waals surface area (Å²) in [5, 5.41) is -1.04. The summed E-state index contributed by atoms with van der Waals surface area (Å²) in [6.07, 6.45) is 0. The van der Waals surface area contributed by atoms with Crippen LogP contribution in [0.4, 0.5) is 0 Å². The second kappa shape index (κ2) is 5.95. The Morgan fingerprint density at radius 2 is 1.65 bits per heavy atom. The number of hydrogen-bond acceptors (Lipinski definition) is 3. The van der Waals surface area contributed by atoms with Crippen LogP contribution in [0.5, 0.6) is 0 Å². The Morgan fingerprint density at radius 1 is 1.10 bits per heavy atom. The van der Waals surface area contributed by atoms with Gasteiger partial charge >= 0.3 is 0 Å². The molecule has 0 aliphatic carbocycles. The topological polar surface area (TPSA) is 54.5 Å². The minimum absolute atomic E-state index is 0.217. The smallest absolute Gasteiger partial charge is 0.241 e. The van der Waals surface area contributed by atoms with Crippen LogP contribution in [0.15, 0.2) is 23.1 Å².